The molecule has 2 aromatic rings. The summed E-state index contributed by atoms with van der Waals surface area (Å²) in [5.74, 6) is 0. The van der Waals surface area contributed by atoms with Gasteiger partial charge in [-0.25, -0.2) is 0 Å². The van der Waals surface area contributed by atoms with E-state index in [2.05, 4.69) is 55.5 Å². The van der Waals surface area contributed by atoms with Gasteiger partial charge in [0.25, 0.3) is 0 Å². The Bertz CT molecular complexity index is 626. The van der Waals surface area contributed by atoms with Crippen molar-refractivity contribution in [3.8, 4) is 0 Å². The predicted molar refractivity (Wildman–Crippen MR) is 90.5 cm³/mol. The van der Waals surface area contributed by atoms with Crippen molar-refractivity contribution in [2.45, 2.75) is 44.3 Å². The Morgan fingerprint density at radius 3 is 2.90 bits per heavy atom. The van der Waals surface area contributed by atoms with Crippen LogP contribution in [0, 0.1) is 0 Å². The Hall–Kier alpha value is -0.840. The van der Waals surface area contributed by atoms with E-state index in [1.807, 2.05) is 0 Å². The number of H-pyrrole nitrogens is 1. The van der Waals surface area contributed by atoms with Gasteiger partial charge in [-0.2, -0.15) is 0 Å². The Labute approximate surface area is 134 Å². The fourth-order valence-corrected chi connectivity index (χ4v) is 3.84. The first-order chi connectivity index (χ1) is 10.3. The molecule has 4 heteroatoms. The topological polar surface area (TPSA) is 31.1 Å². The molecule has 1 saturated heterocycles. The summed E-state index contributed by atoms with van der Waals surface area (Å²) in [5, 5.41) is 4.99. The lowest BCUT2D eigenvalue weighted by molar-refractivity contribution is 0.232. The smallest absolute Gasteiger partial charge is 0.0458 e. The Balaban J connectivity index is 1.54. The molecule has 2 heterocycles. The van der Waals surface area contributed by atoms with Gasteiger partial charge in [-0.3, -0.25) is 4.90 Å². The van der Waals surface area contributed by atoms with Gasteiger partial charge in [-0.15, -0.1) is 0 Å². The predicted octanol–water partition coefficient (Wildman–Crippen LogP) is 3.65. The highest BCUT2D eigenvalue weighted by Crippen LogP contribution is 2.31. The van der Waals surface area contributed by atoms with E-state index < -0.39 is 0 Å². The van der Waals surface area contributed by atoms with Gasteiger partial charge >= 0.3 is 0 Å². The van der Waals surface area contributed by atoms with E-state index >= 15 is 0 Å². The first kappa shape index (κ1) is 13.8. The van der Waals surface area contributed by atoms with Gasteiger partial charge < -0.3 is 10.3 Å². The Morgan fingerprint density at radius 2 is 2.14 bits per heavy atom. The van der Waals surface area contributed by atoms with E-state index in [0.29, 0.717) is 6.04 Å². The molecule has 1 saturated carbocycles. The van der Waals surface area contributed by atoms with Crippen LogP contribution in [0.4, 0.5) is 0 Å². The number of hydrogen-bond acceptors (Lipinski definition) is 2. The van der Waals surface area contributed by atoms with Gasteiger partial charge in [0.2, 0.25) is 0 Å². The van der Waals surface area contributed by atoms with Gasteiger partial charge in [-0.05, 0) is 56.0 Å². The van der Waals surface area contributed by atoms with E-state index in [-0.39, 0.29) is 0 Å². The van der Waals surface area contributed by atoms with Crippen LogP contribution in [0.25, 0.3) is 10.9 Å². The lowest BCUT2D eigenvalue weighted by atomic mass is 10.1. The lowest BCUT2D eigenvalue weighted by Gasteiger charge is -2.25. The van der Waals surface area contributed by atoms with Crippen LogP contribution in [0.3, 0.4) is 0 Å². The average Bonchev–Trinajstić information content (AvgIpc) is 3.07. The lowest BCUT2D eigenvalue weighted by Crippen LogP contribution is -2.38. The summed E-state index contributed by atoms with van der Waals surface area (Å²) in [4.78, 5) is 6.10. The number of hydrogen-bond donors (Lipinski definition) is 2. The molecule has 2 N–H and O–H groups in total. The largest absolute Gasteiger partial charge is 0.361 e. The molecule has 21 heavy (non-hydrogen) atoms. The molecule has 1 atom stereocenters. The van der Waals surface area contributed by atoms with E-state index in [9.17, 15) is 0 Å². The number of aromatic amines is 1. The molecule has 1 aliphatic carbocycles. The summed E-state index contributed by atoms with van der Waals surface area (Å²) in [6.07, 6.45) is 7.61. The van der Waals surface area contributed by atoms with Crippen LogP contribution in [0.5, 0.6) is 0 Å². The SMILES string of the molecule is Brc1ccc2[nH]cc(CN(CC3CCCN3)C3CC3)c2c1. The second-order valence-electron chi connectivity index (χ2n) is 6.46. The molecule has 2 fully saturated rings. The third kappa shape index (κ3) is 3.03. The van der Waals surface area contributed by atoms with Crippen LogP contribution in [-0.2, 0) is 6.54 Å². The number of halogens is 1. The number of nitrogens with one attached hydrogen (secondary N) is 2. The van der Waals surface area contributed by atoms with Crippen LogP contribution in [0.1, 0.15) is 31.2 Å². The molecular formula is C17H22BrN3. The van der Waals surface area contributed by atoms with E-state index in [1.165, 1.54) is 55.2 Å². The molecule has 0 bridgehead atoms. The minimum Gasteiger partial charge on any atom is -0.361 e. The molecule has 4 rings (SSSR count). The van der Waals surface area contributed by atoms with Gasteiger partial charge in [-0.1, -0.05) is 15.9 Å². The van der Waals surface area contributed by atoms with Crippen LogP contribution < -0.4 is 5.32 Å². The highest BCUT2D eigenvalue weighted by atomic mass is 79.9. The van der Waals surface area contributed by atoms with E-state index in [0.717, 1.165) is 17.1 Å². The van der Waals surface area contributed by atoms with Gasteiger partial charge in [0.05, 0.1) is 0 Å². The molecule has 112 valence electrons. The quantitative estimate of drug-likeness (QED) is 0.864. The number of aromatic nitrogens is 1. The third-order valence-corrected chi connectivity index (χ3v) is 5.28. The van der Waals surface area contributed by atoms with Crippen molar-refractivity contribution in [2.24, 2.45) is 0 Å². The van der Waals surface area contributed by atoms with Crippen molar-refractivity contribution >= 4 is 26.8 Å². The zero-order valence-electron chi connectivity index (χ0n) is 12.2. The molecule has 2 aliphatic rings. The van der Waals surface area contributed by atoms with Crippen LogP contribution >= 0.6 is 15.9 Å². The molecule has 1 aromatic carbocycles. The molecule has 3 nitrogen and oxygen atoms in total. The second-order valence-corrected chi connectivity index (χ2v) is 7.37. The highest BCUT2D eigenvalue weighted by molar-refractivity contribution is 9.10. The van der Waals surface area contributed by atoms with Crippen molar-refractivity contribution < 1.29 is 0 Å². The van der Waals surface area contributed by atoms with Crippen molar-refractivity contribution in [1.82, 2.24) is 15.2 Å². The zero-order chi connectivity index (χ0) is 14.2. The maximum absolute atomic E-state index is 3.64. The van der Waals surface area contributed by atoms with Crippen molar-refractivity contribution in [3.63, 3.8) is 0 Å². The average molecular weight is 348 g/mol. The summed E-state index contributed by atoms with van der Waals surface area (Å²) in [6, 6.07) is 8.00. The Kier molecular flexibility index (Phi) is 3.78. The van der Waals surface area contributed by atoms with E-state index in [1.54, 1.807) is 0 Å². The highest BCUT2D eigenvalue weighted by Gasteiger charge is 2.31. The molecule has 0 spiro atoms. The number of nitrogens with zero attached hydrogens (tertiary/aromatic N) is 1. The van der Waals surface area contributed by atoms with Crippen molar-refractivity contribution in [3.05, 3.63) is 34.4 Å². The fraction of sp³-hybridized carbons (Fsp3) is 0.529. The summed E-state index contributed by atoms with van der Waals surface area (Å²) in [6.45, 7) is 3.47. The molecule has 1 unspecified atom stereocenters. The molecule has 1 aliphatic heterocycles. The molecule has 0 radical (unpaired) electrons. The van der Waals surface area contributed by atoms with Gasteiger partial charge in [0, 0.05) is 46.7 Å². The number of benzene rings is 1. The van der Waals surface area contributed by atoms with Crippen LogP contribution in [-0.4, -0.2) is 35.1 Å². The minimum absolute atomic E-state index is 0.697. The molecular weight excluding hydrogens is 326 g/mol. The molecule has 1 aromatic heterocycles. The van der Waals surface area contributed by atoms with Gasteiger partial charge in [0.15, 0.2) is 0 Å². The van der Waals surface area contributed by atoms with Crippen molar-refractivity contribution in [1.29, 1.82) is 0 Å². The van der Waals surface area contributed by atoms with Crippen LogP contribution in [0.2, 0.25) is 0 Å². The minimum atomic E-state index is 0.697. The normalized spacial score (nSPS) is 22.5. The Morgan fingerprint density at radius 1 is 1.24 bits per heavy atom. The zero-order valence-corrected chi connectivity index (χ0v) is 13.8. The summed E-state index contributed by atoms with van der Waals surface area (Å²) < 4.78 is 1.16. The maximum Gasteiger partial charge on any atom is 0.0458 e. The van der Waals surface area contributed by atoms with Gasteiger partial charge in [0.1, 0.15) is 0 Å². The third-order valence-electron chi connectivity index (χ3n) is 4.78. The number of rotatable bonds is 5. The van der Waals surface area contributed by atoms with E-state index in [4.69, 9.17) is 0 Å². The monoisotopic (exact) mass is 347 g/mol. The van der Waals surface area contributed by atoms with Crippen molar-refractivity contribution in [2.75, 3.05) is 13.1 Å². The fourth-order valence-electron chi connectivity index (χ4n) is 3.48. The summed E-state index contributed by atoms with van der Waals surface area (Å²) >= 11 is 3.59. The molecule has 0 amide bonds. The van der Waals surface area contributed by atoms with Crippen LogP contribution in [0.15, 0.2) is 28.9 Å². The first-order valence-corrected chi connectivity index (χ1v) is 8.82. The maximum atomic E-state index is 3.64. The first-order valence-electron chi connectivity index (χ1n) is 8.02. The number of fused-ring (bicyclic) bond motifs is 1. The summed E-state index contributed by atoms with van der Waals surface area (Å²) in [7, 11) is 0. The summed E-state index contributed by atoms with van der Waals surface area (Å²) in [5.41, 5.74) is 2.67. The standard InChI is InChI=1S/C17H22BrN3/c18-13-3-6-17-16(8-13)12(9-20-17)10-21(15-4-5-15)11-14-2-1-7-19-14/h3,6,8-9,14-15,19-20H,1-2,4-5,7,10-11H2. The second kappa shape index (κ2) is 5.75.